The van der Waals surface area contributed by atoms with Crippen molar-refractivity contribution in [3.8, 4) is 5.75 Å². The molecule has 0 spiro atoms. The third kappa shape index (κ3) is 3.39. The molecule has 0 radical (unpaired) electrons. The highest BCUT2D eigenvalue weighted by Gasteiger charge is 2.48. The first-order valence-corrected chi connectivity index (χ1v) is 9.84. The van der Waals surface area contributed by atoms with E-state index in [0.29, 0.717) is 22.6 Å². The van der Waals surface area contributed by atoms with Gasteiger partial charge in [-0.15, -0.1) is 0 Å². The number of carbonyl (C=O) groups is 2. The van der Waals surface area contributed by atoms with Gasteiger partial charge in [-0.2, -0.15) is 0 Å². The number of nitrogens with zero attached hydrogens (tertiary/aromatic N) is 2. The number of carbonyl (C=O) groups excluding carboxylic acids is 2. The molecule has 8 heteroatoms. The molecule has 1 fully saturated rings. The van der Waals surface area contributed by atoms with Crippen molar-refractivity contribution in [3.05, 3.63) is 81.5 Å². The lowest BCUT2D eigenvalue weighted by Crippen LogP contribution is -2.29. The summed E-state index contributed by atoms with van der Waals surface area (Å²) < 4.78 is 11.2. The molecule has 2 heterocycles. The van der Waals surface area contributed by atoms with E-state index in [1.807, 2.05) is 0 Å². The Morgan fingerprint density at radius 2 is 1.90 bits per heavy atom. The number of halogens is 1. The largest absolute Gasteiger partial charge is 0.507 e. The van der Waals surface area contributed by atoms with Gasteiger partial charge in [-0.05, 0) is 36.8 Å². The minimum Gasteiger partial charge on any atom is -0.507 e. The molecule has 0 saturated carbocycles. The second-order valence-corrected chi connectivity index (χ2v) is 7.66. The molecule has 3 aromatic rings. The van der Waals surface area contributed by atoms with E-state index >= 15 is 0 Å². The van der Waals surface area contributed by atoms with Gasteiger partial charge >= 0.3 is 5.91 Å². The van der Waals surface area contributed by atoms with E-state index in [1.165, 1.54) is 12.0 Å². The highest BCUT2D eigenvalue weighted by Crippen LogP contribution is 2.42. The van der Waals surface area contributed by atoms with Crippen molar-refractivity contribution in [2.75, 3.05) is 12.0 Å². The number of aromatic nitrogens is 1. The number of rotatable bonds is 4. The Labute approximate surface area is 180 Å². The molecule has 7 nitrogen and oxygen atoms in total. The summed E-state index contributed by atoms with van der Waals surface area (Å²) in [6.45, 7) is 1.69. The van der Waals surface area contributed by atoms with Crippen LogP contribution in [0.25, 0.3) is 5.76 Å². The van der Waals surface area contributed by atoms with E-state index in [4.69, 9.17) is 9.26 Å². The molecule has 1 atom stereocenters. The van der Waals surface area contributed by atoms with Crippen molar-refractivity contribution in [2.45, 2.75) is 13.0 Å². The molecule has 1 aliphatic heterocycles. The number of Topliss-reactive ketones (excluding diaryl/α,β-unsaturated/α-hetero) is 1. The standard InChI is InChI=1S/C22H17BrN2O5/c1-12-10-17(24-30-12)25-19(14-4-3-5-16(11-14)29-2)18(21(27)22(25)28)20(26)13-6-8-15(23)9-7-13/h3-11,19,26H,1-2H3. The van der Waals surface area contributed by atoms with E-state index < -0.39 is 17.7 Å². The van der Waals surface area contributed by atoms with Gasteiger partial charge in [0.2, 0.25) is 0 Å². The highest BCUT2D eigenvalue weighted by molar-refractivity contribution is 9.10. The Morgan fingerprint density at radius 1 is 1.17 bits per heavy atom. The number of ether oxygens (including phenoxy) is 1. The van der Waals surface area contributed by atoms with Crippen LogP contribution in [0.2, 0.25) is 0 Å². The molecule has 0 bridgehead atoms. The van der Waals surface area contributed by atoms with Crippen molar-refractivity contribution in [1.29, 1.82) is 0 Å². The van der Waals surface area contributed by atoms with E-state index in [9.17, 15) is 14.7 Å². The maximum atomic E-state index is 13.0. The summed E-state index contributed by atoms with van der Waals surface area (Å²) in [5.41, 5.74) is 0.976. The van der Waals surface area contributed by atoms with Crippen molar-refractivity contribution in [3.63, 3.8) is 0 Å². The van der Waals surface area contributed by atoms with Crippen LogP contribution in [-0.4, -0.2) is 29.1 Å². The Bertz CT molecular complexity index is 1170. The van der Waals surface area contributed by atoms with E-state index in [0.717, 1.165) is 4.47 Å². The molecule has 1 amide bonds. The van der Waals surface area contributed by atoms with Gasteiger partial charge in [0.25, 0.3) is 5.78 Å². The fourth-order valence-corrected chi connectivity index (χ4v) is 3.69. The average Bonchev–Trinajstić information content (AvgIpc) is 3.29. The molecule has 1 N–H and O–H groups in total. The van der Waals surface area contributed by atoms with Gasteiger partial charge in [0.1, 0.15) is 17.3 Å². The molecule has 1 aliphatic rings. The van der Waals surface area contributed by atoms with Gasteiger partial charge in [-0.25, -0.2) is 0 Å². The summed E-state index contributed by atoms with van der Waals surface area (Å²) in [4.78, 5) is 27.2. The number of aliphatic hydroxyl groups is 1. The molecule has 30 heavy (non-hydrogen) atoms. The van der Waals surface area contributed by atoms with Crippen molar-refractivity contribution < 1.29 is 24.0 Å². The number of benzene rings is 2. The Balaban J connectivity index is 1.95. The fraction of sp³-hybridized carbons (Fsp3) is 0.136. The highest BCUT2D eigenvalue weighted by atomic mass is 79.9. The summed E-state index contributed by atoms with van der Waals surface area (Å²) in [7, 11) is 1.53. The van der Waals surface area contributed by atoms with Gasteiger partial charge < -0.3 is 14.4 Å². The van der Waals surface area contributed by atoms with Crippen LogP contribution in [0.15, 0.2) is 69.2 Å². The Morgan fingerprint density at radius 3 is 2.53 bits per heavy atom. The van der Waals surface area contributed by atoms with Crippen LogP contribution in [0.4, 0.5) is 5.82 Å². The molecule has 1 unspecified atom stereocenters. The third-order valence-corrected chi connectivity index (χ3v) is 5.36. The molecule has 4 rings (SSSR count). The van der Waals surface area contributed by atoms with Gasteiger partial charge in [0, 0.05) is 16.1 Å². The topological polar surface area (TPSA) is 92.9 Å². The number of ketones is 1. The number of amides is 1. The lowest BCUT2D eigenvalue weighted by Gasteiger charge is -2.23. The molecular weight excluding hydrogens is 452 g/mol. The second-order valence-electron chi connectivity index (χ2n) is 6.75. The number of aliphatic hydroxyl groups excluding tert-OH is 1. The number of anilines is 1. The maximum Gasteiger partial charge on any atom is 0.301 e. The predicted molar refractivity (Wildman–Crippen MR) is 113 cm³/mol. The molecule has 152 valence electrons. The zero-order chi connectivity index (χ0) is 21.4. The first kappa shape index (κ1) is 19.9. The zero-order valence-electron chi connectivity index (χ0n) is 16.1. The van der Waals surface area contributed by atoms with Gasteiger partial charge in [0.15, 0.2) is 5.82 Å². The number of hydrogen-bond donors (Lipinski definition) is 1. The van der Waals surface area contributed by atoms with Crippen LogP contribution >= 0.6 is 15.9 Å². The molecule has 1 aromatic heterocycles. The first-order valence-electron chi connectivity index (χ1n) is 9.05. The molecule has 2 aromatic carbocycles. The Kier molecular flexibility index (Phi) is 5.17. The number of methoxy groups -OCH3 is 1. The lowest BCUT2D eigenvalue weighted by molar-refractivity contribution is -0.132. The van der Waals surface area contributed by atoms with Crippen LogP contribution in [0.5, 0.6) is 5.75 Å². The summed E-state index contributed by atoms with van der Waals surface area (Å²) >= 11 is 3.35. The van der Waals surface area contributed by atoms with E-state index in [2.05, 4.69) is 21.1 Å². The van der Waals surface area contributed by atoms with Crippen LogP contribution < -0.4 is 9.64 Å². The van der Waals surface area contributed by atoms with Crippen LogP contribution in [-0.2, 0) is 9.59 Å². The first-order chi connectivity index (χ1) is 14.4. The van der Waals surface area contributed by atoms with E-state index in [1.54, 1.807) is 61.5 Å². The number of hydrogen-bond acceptors (Lipinski definition) is 6. The van der Waals surface area contributed by atoms with E-state index in [-0.39, 0.29) is 17.2 Å². The predicted octanol–water partition coefficient (Wildman–Crippen LogP) is 4.38. The smallest absolute Gasteiger partial charge is 0.301 e. The summed E-state index contributed by atoms with van der Waals surface area (Å²) in [5, 5.41) is 14.9. The maximum absolute atomic E-state index is 13.0. The third-order valence-electron chi connectivity index (χ3n) is 4.83. The van der Waals surface area contributed by atoms with Gasteiger partial charge in [-0.3, -0.25) is 14.5 Å². The fourth-order valence-electron chi connectivity index (χ4n) is 3.43. The molecular formula is C22H17BrN2O5. The van der Waals surface area contributed by atoms with Gasteiger partial charge in [-0.1, -0.05) is 45.4 Å². The van der Waals surface area contributed by atoms with Gasteiger partial charge in [0.05, 0.1) is 18.7 Å². The summed E-state index contributed by atoms with van der Waals surface area (Å²) in [6.07, 6.45) is 0. The monoisotopic (exact) mass is 468 g/mol. The lowest BCUT2D eigenvalue weighted by atomic mass is 9.95. The van der Waals surface area contributed by atoms with Crippen LogP contribution in [0.1, 0.15) is 22.9 Å². The Hall–Kier alpha value is -3.39. The van der Waals surface area contributed by atoms with Crippen molar-refractivity contribution in [2.24, 2.45) is 0 Å². The normalized spacial score (nSPS) is 18.1. The molecule has 1 saturated heterocycles. The zero-order valence-corrected chi connectivity index (χ0v) is 17.7. The second kappa shape index (κ2) is 7.79. The average molecular weight is 469 g/mol. The minimum absolute atomic E-state index is 0.0313. The SMILES string of the molecule is COc1cccc(C2C(=C(O)c3ccc(Br)cc3)C(=O)C(=O)N2c2cc(C)on2)c1. The summed E-state index contributed by atoms with van der Waals surface area (Å²) in [6, 6.07) is 14.5. The number of aryl methyl sites for hydroxylation is 1. The van der Waals surface area contributed by atoms with Crippen molar-refractivity contribution >= 4 is 39.2 Å². The summed E-state index contributed by atoms with van der Waals surface area (Å²) in [5.74, 6) is -0.630. The quantitative estimate of drug-likeness (QED) is 0.347. The van der Waals surface area contributed by atoms with Crippen LogP contribution in [0, 0.1) is 6.92 Å². The molecule has 0 aliphatic carbocycles. The van der Waals surface area contributed by atoms with Crippen LogP contribution in [0.3, 0.4) is 0 Å². The minimum atomic E-state index is -0.895. The van der Waals surface area contributed by atoms with Crippen molar-refractivity contribution in [1.82, 2.24) is 5.16 Å².